The number of hydrogen-bond acceptors (Lipinski definition) is 2. The van der Waals surface area contributed by atoms with E-state index >= 15 is 0 Å². The largest absolute Gasteiger partial charge is 0.493 e. The molecule has 0 aliphatic carbocycles. The Balaban J connectivity index is 2.38. The van der Waals surface area contributed by atoms with Gasteiger partial charge in [0.05, 0.1) is 6.61 Å². The quantitative estimate of drug-likeness (QED) is 0.418. The molecule has 0 N–H and O–H groups in total. The fourth-order valence-electron chi connectivity index (χ4n) is 1.87. The van der Waals surface area contributed by atoms with Crippen molar-refractivity contribution in [2.75, 3.05) is 20.2 Å². The molecule has 0 saturated carbocycles. The standard InChI is InChI=1S/C16H22ClNO2/c1-4-8-14-9-5-6-10-15(14)20-12-7-11-18(3)16(19)13(2)17/h4-6,9-10,13H,1,7-8,11-12H2,2-3H3. The molecule has 0 bridgehead atoms. The number of benzene rings is 1. The van der Waals surface area contributed by atoms with Crippen LogP contribution < -0.4 is 4.74 Å². The van der Waals surface area contributed by atoms with E-state index in [1.54, 1.807) is 18.9 Å². The number of halogens is 1. The first kappa shape index (κ1) is 16.6. The Morgan fingerprint density at radius 1 is 1.50 bits per heavy atom. The van der Waals surface area contributed by atoms with Gasteiger partial charge in [0, 0.05) is 13.6 Å². The van der Waals surface area contributed by atoms with Crippen molar-refractivity contribution in [2.24, 2.45) is 0 Å². The van der Waals surface area contributed by atoms with Gasteiger partial charge in [-0.3, -0.25) is 4.79 Å². The average molecular weight is 296 g/mol. The summed E-state index contributed by atoms with van der Waals surface area (Å²) in [4.78, 5) is 13.2. The number of para-hydroxylation sites is 1. The SMILES string of the molecule is C=CCc1ccccc1OCCCN(C)C(=O)C(C)Cl. The summed E-state index contributed by atoms with van der Waals surface area (Å²) in [5.74, 6) is 0.825. The molecule has 0 aliphatic rings. The van der Waals surface area contributed by atoms with Gasteiger partial charge in [-0.2, -0.15) is 0 Å². The molecule has 0 aromatic heterocycles. The first-order valence-electron chi connectivity index (χ1n) is 6.77. The molecule has 0 spiro atoms. The van der Waals surface area contributed by atoms with Crippen LogP contribution in [0.2, 0.25) is 0 Å². The number of alkyl halides is 1. The monoisotopic (exact) mass is 295 g/mol. The van der Waals surface area contributed by atoms with Crippen LogP contribution in [0.4, 0.5) is 0 Å². The van der Waals surface area contributed by atoms with Crippen LogP contribution in [0.25, 0.3) is 0 Å². The summed E-state index contributed by atoms with van der Waals surface area (Å²) in [6, 6.07) is 7.92. The highest BCUT2D eigenvalue weighted by molar-refractivity contribution is 6.30. The molecule has 1 atom stereocenters. The number of carbonyl (C=O) groups is 1. The van der Waals surface area contributed by atoms with Crippen LogP contribution in [0, 0.1) is 0 Å². The molecule has 3 nitrogen and oxygen atoms in total. The molecule has 0 radical (unpaired) electrons. The molecule has 1 rings (SSSR count). The average Bonchev–Trinajstić information content (AvgIpc) is 2.44. The summed E-state index contributed by atoms with van der Waals surface area (Å²) in [7, 11) is 1.76. The summed E-state index contributed by atoms with van der Waals surface area (Å²) >= 11 is 5.76. The van der Waals surface area contributed by atoms with Crippen molar-refractivity contribution in [1.82, 2.24) is 4.90 Å². The number of carbonyl (C=O) groups excluding carboxylic acids is 1. The zero-order valence-electron chi connectivity index (χ0n) is 12.1. The molecule has 1 amide bonds. The fourth-order valence-corrected chi connectivity index (χ4v) is 2.03. The van der Waals surface area contributed by atoms with E-state index in [1.165, 1.54) is 0 Å². The van der Waals surface area contributed by atoms with Crippen molar-refractivity contribution >= 4 is 17.5 Å². The van der Waals surface area contributed by atoms with Gasteiger partial charge in [-0.05, 0) is 31.4 Å². The lowest BCUT2D eigenvalue weighted by Gasteiger charge is -2.18. The molecule has 0 saturated heterocycles. The lowest BCUT2D eigenvalue weighted by atomic mass is 10.1. The molecule has 1 aromatic carbocycles. The second-order valence-electron chi connectivity index (χ2n) is 4.68. The van der Waals surface area contributed by atoms with Gasteiger partial charge in [0.15, 0.2) is 0 Å². The molecule has 110 valence electrons. The molecule has 0 heterocycles. The number of allylic oxidation sites excluding steroid dienone is 1. The highest BCUT2D eigenvalue weighted by atomic mass is 35.5. The number of amides is 1. The number of ether oxygens (including phenoxy) is 1. The summed E-state index contributed by atoms with van der Waals surface area (Å²) < 4.78 is 5.76. The first-order chi connectivity index (χ1) is 9.56. The van der Waals surface area contributed by atoms with Crippen LogP contribution in [0.15, 0.2) is 36.9 Å². The maximum absolute atomic E-state index is 11.6. The molecule has 0 aliphatic heterocycles. The highest BCUT2D eigenvalue weighted by Crippen LogP contribution is 2.18. The third kappa shape index (κ3) is 5.25. The predicted octanol–water partition coefficient (Wildman–Crippen LogP) is 3.27. The summed E-state index contributed by atoms with van der Waals surface area (Å²) in [5.41, 5.74) is 1.13. The number of rotatable bonds is 8. The van der Waals surface area contributed by atoms with E-state index in [2.05, 4.69) is 6.58 Å². The molecule has 0 fully saturated rings. The Labute approximate surface area is 126 Å². The van der Waals surface area contributed by atoms with Crippen LogP contribution >= 0.6 is 11.6 Å². The minimum absolute atomic E-state index is 0.0567. The van der Waals surface area contributed by atoms with E-state index in [0.29, 0.717) is 13.2 Å². The zero-order chi connectivity index (χ0) is 15.0. The molecular formula is C16H22ClNO2. The molecule has 20 heavy (non-hydrogen) atoms. The normalized spacial score (nSPS) is 11.8. The van der Waals surface area contributed by atoms with E-state index in [1.807, 2.05) is 30.3 Å². The van der Waals surface area contributed by atoms with Crippen LogP contribution in [-0.2, 0) is 11.2 Å². The van der Waals surface area contributed by atoms with E-state index in [9.17, 15) is 4.79 Å². The van der Waals surface area contributed by atoms with Crippen molar-refractivity contribution < 1.29 is 9.53 Å². The second kappa shape index (κ2) is 8.64. The van der Waals surface area contributed by atoms with Gasteiger partial charge in [0.2, 0.25) is 5.91 Å². The third-order valence-corrected chi connectivity index (χ3v) is 3.14. The van der Waals surface area contributed by atoms with Gasteiger partial charge >= 0.3 is 0 Å². The van der Waals surface area contributed by atoms with Crippen LogP contribution in [0.1, 0.15) is 18.9 Å². The Kier molecular flexibility index (Phi) is 7.16. The van der Waals surface area contributed by atoms with Crippen molar-refractivity contribution in [3.63, 3.8) is 0 Å². The zero-order valence-corrected chi connectivity index (χ0v) is 12.9. The molecule has 1 unspecified atom stereocenters. The van der Waals surface area contributed by atoms with E-state index in [-0.39, 0.29) is 5.91 Å². The van der Waals surface area contributed by atoms with E-state index in [4.69, 9.17) is 16.3 Å². The molecule has 1 aromatic rings. The van der Waals surface area contributed by atoms with Crippen LogP contribution in [-0.4, -0.2) is 36.4 Å². The van der Waals surface area contributed by atoms with Crippen molar-refractivity contribution in [3.05, 3.63) is 42.5 Å². The Hall–Kier alpha value is -1.48. The fraction of sp³-hybridized carbons (Fsp3) is 0.438. The van der Waals surface area contributed by atoms with Crippen molar-refractivity contribution in [1.29, 1.82) is 0 Å². The van der Waals surface area contributed by atoms with Gasteiger partial charge in [-0.1, -0.05) is 24.3 Å². The maximum atomic E-state index is 11.6. The summed E-state index contributed by atoms with van der Waals surface area (Å²) in [6.07, 6.45) is 3.42. The number of nitrogens with zero attached hydrogens (tertiary/aromatic N) is 1. The smallest absolute Gasteiger partial charge is 0.240 e. The number of hydrogen-bond donors (Lipinski definition) is 0. The Morgan fingerprint density at radius 2 is 2.20 bits per heavy atom. The second-order valence-corrected chi connectivity index (χ2v) is 5.33. The highest BCUT2D eigenvalue weighted by Gasteiger charge is 2.13. The first-order valence-corrected chi connectivity index (χ1v) is 7.20. The van der Waals surface area contributed by atoms with Gasteiger partial charge in [0.1, 0.15) is 11.1 Å². The Bertz CT molecular complexity index is 446. The third-order valence-electron chi connectivity index (χ3n) is 2.95. The van der Waals surface area contributed by atoms with E-state index < -0.39 is 5.38 Å². The van der Waals surface area contributed by atoms with Gasteiger partial charge < -0.3 is 9.64 Å². The lowest BCUT2D eigenvalue weighted by molar-refractivity contribution is -0.129. The lowest BCUT2D eigenvalue weighted by Crippen LogP contribution is -2.33. The summed E-state index contributed by atoms with van der Waals surface area (Å²) in [6.45, 7) is 6.63. The van der Waals surface area contributed by atoms with Crippen LogP contribution in [0.5, 0.6) is 5.75 Å². The van der Waals surface area contributed by atoms with E-state index in [0.717, 1.165) is 24.2 Å². The van der Waals surface area contributed by atoms with Crippen molar-refractivity contribution in [2.45, 2.75) is 25.1 Å². The Morgan fingerprint density at radius 3 is 2.85 bits per heavy atom. The van der Waals surface area contributed by atoms with Gasteiger partial charge in [0.25, 0.3) is 0 Å². The minimum atomic E-state index is -0.478. The van der Waals surface area contributed by atoms with Crippen LogP contribution in [0.3, 0.4) is 0 Å². The van der Waals surface area contributed by atoms with Crippen molar-refractivity contribution in [3.8, 4) is 5.75 Å². The summed E-state index contributed by atoms with van der Waals surface area (Å²) in [5, 5.41) is -0.478. The topological polar surface area (TPSA) is 29.5 Å². The molecule has 4 heteroatoms. The molecular weight excluding hydrogens is 274 g/mol. The predicted molar refractivity (Wildman–Crippen MR) is 83.4 cm³/mol. The minimum Gasteiger partial charge on any atom is -0.493 e. The maximum Gasteiger partial charge on any atom is 0.240 e. The van der Waals surface area contributed by atoms with Gasteiger partial charge in [-0.25, -0.2) is 0 Å². The van der Waals surface area contributed by atoms with Gasteiger partial charge in [-0.15, -0.1) is 18.2 Å².